The Morgan fingerprint density at radius 3 is 1.37 bits per heavy atom. The summed E-state index contributed by atoms with van der Waals surface area (Å²) in [6, 6.07) is 8.94. The Morgan fingerprint density at radius 1 is 0.700 bits per heavy atom. The smallest absolute Gasteiger partial charge is 0.134 e. The molecule has 3 nitrogen and oxygen atoms in total. The van der Waals surface area contributed by atoms with Gasteiger partial charge in [0.1, 0.15) is 11.5 Å². The van der Waals surface area contributed by atoms with E-state index in [0.29, 0.717) is 12.8 Å². The molecular weight excluding hydrogens is 372 g/mol. The molecule has 0 aliphatic carbocycles. The highest BCUT2D eigenvalue weighted by molar-refractivity contribution is 5.64. The minimum atomic E-state index is -0.250. The molecule has 0 saturated heterocycles. The standard InChI is InChI=1S/C27H38O3/c1-25(2,3)19-13-17(9-11-28)23-21(15-19)27(7,8)22-16-20(26(4,5)6)14-18(10-12-29)24(22)30-23/h13-16,28-29H,9-12H2,1-8H3. The third-order valence-corrected chi connectivity index (χ3v) is 6.38. The maximum Gasteiger partial charge on any atom is 0.134 e. The first-order chi connectivity index (χ1) is 13.8. The van der Waals surface area contributed by atoms with Crippen molar-refractivity contribution in [2.75, 3.05) is 13.2 Å². The van der Waals surface area contributed by atoms with Crippen LogP contribution in [-0.2, 0) is 29.1 Å². The molecule has 0 atom stereocenters. The number of aliphatic hydroxyl groups is 2. The van der Waals surface area contributed by atoms with Crippen molar-refractivity contribution in [3.05, 3.63) is 57.6 Å². The lowest BCUT2D eigenvalue weighted by Gasteiger charge is -2.39. The van der Waals surface area contributed by atoms with Gasteiger partial charge in [-0.2, -0.15) is 0 Å². The predicted molar refractivity (Wildman–Crippen MR) is 124 cm³/mol. The van der Waals surface area contributed by atoms with E-state index in [1.54, 1.807) is 0 Å². The van der Waals surface area contributed by atoms with Gasteiger partial charge in [0.2, 0.25) is 0 Å². The van der Waals surface area contributed by atoms with Gasteiger partial charge >= 0.3 is 0 Å². The minimum absolute atomic E-state index is 0.00486. The second-order valence-electron chi connectivity index (χ2n) is 11.2. The van der Waals surface area contributed by atoms with E-state index < -0.39 is 0 Å². The van der Waals surface area contributed by atoms with Gasteiger partial charge in [0.05, 0.1) is 0 Å². The van der Waals surface area contributed by atoms with Crippen LogP contribution in [0.1, 0.15) is 88.8 Å². The van der Waals surface area contributed by atoms with Crippen molar-refractivity contribution >= 4 is 0 Å². The summed E-state index contributed by atoms with van der Waals surface area (Å²) in [5.74, 6) is 1.74. The van der Waals surface area contributed by atoms with Crippen LogP contribution in [0.5, 0.6) is 11.5 Å². The second-order valence-corrected chi connectivity index (χ2v) is 11.2. The lowest BCUT2D eigenvalue weighted by atomic mass is 9.70. The number of hydrogen-bond acceptors (Lipinski definition) is 3. The topological polar surface area (TPSA) is 49.7 Å². The molecule has 2 aromatic carbocycles. The van der Waals surface area contributed by atoms with Crippen LogP contribution in [0.2, 0.25) is 0 Å². The van der Waals surface area contributed by atoms with Crippen molar-refractivity contribution in [3.8, 4) is 11.5 Å². The van der Waals surface area contributed by atoms with E-state index in [2.05, 4.69) is 79.7 Å². The summed E-state index contributed by atoms with van der Waals surface area (Å²) in [5.41, 5.74) is 6.72. The van der Waals surface area contributed by atoms with Gasteiger partial charge in [-0.25, -0.2) is 0 Å². The minimum Gasteiger partial charge on any atom is -0.456 e. The summed E-state index contributed by atoms with van der Waals surface area (Å²) in [7, 11) is 0. The first kappa shape index (κ1) is 22.8. The Balaban J connectivity index is 2.32. The summed E-state index contributed by atoms with van der Waals surface area (Å²) in [6.45, 7) is 18.0. The molecule has 0 bridgehead atoms. The predicted octanol–water partition coefficient (Wildman–Crippen LogP) is 5.78. The van der Waals surface area contributed by atoms with Crippen molar-refractivity contribution < 1.29 is 14.9 Å². The van der Waals surface area contributed by atoms with Crippen molar-refractivity contribution in [2.45, 2.75) is 84.5 Å². The molecule has 1 heterocycles. The average Bonchev–Trinajstić information content (AvgIpc) is 2.61. The molecule has 0 amide bonds. The molecule has 0 unspecified atom stereocenters. The average molecular weight is 411 g/mol. The molecular formula is C27H38O3. The summed E-state index contributed by atoms with van der Waals surface area (Å²) in [5, 5.41) is 19.4. The fraction of sp³-hybridized carbons (Fsp3) is 0.556. The largest absolute Gasteiger partial charge is 0.456 e. The van der Waals surface area contributed by atoms with Crippen LogP contribution >= 0.6 is 0 Å². The zero-order chi connectivity index (χ0) is 22.5. The molecule has 1 aliphatic rings. The number of fused-ring (bicyclic) bond motifs is 2. The van der Waals surface area contributed by atoms with E-state index in [9.17, 15) is 10.2 Å². The van der Waals surface area contributed by atoms with Crippen LogP contribution in [-0.4, -0.2) is 23.4 Å². The molecule has 2 N–H and O–H groups in total. The first-order valence-corrected chi connectivity index (χ1v) is 11.1. The SMILES string of the molecule is CC(C)(C)c1cc(CCO)c2c(c1)C(C)(C)c1cc(C(C)(C)C)cc(CCO)c1O2. The van der Waals surface area contributed by atoms with E-state index in [1.165, 1.54) is 22.3 Å². The maximum absolute atomic E-state index is 9.72. The van der Waals surface area contributed by atoms with E-state index in [0.717, 1.165) is 22.6 Å². The molecule has 0 fully saturated rings. The van der Waals surface area contributed by atoms with Gasteiger partial charge in [-0.05, 0) is 45.9 Å². The van der Waals surface area contributed by atoms with Gasteiger partial charge in [-0.15, -0.1) is 0 Å². The molecule has 164 valence electrons. The van der Waals surface area contributed by atoms with Crippen LogP contribution in [0.15, 0.2) is 24.3 Å². The highest BCUT2D eigenvalue weighted by Gasteiger charge is 2.38. The molecule has 0 saturated carbocycles. The zero-order valence-electron chi connectivity index (χ0n) is 19.9. The summed E-state index contributed by atoms with van der Waals surface area (Å²) < 4.78 is 6.59. The van der Waals surface area contributed by atoms with E-state index in [1.807, 2.05) is 0 Å². The van der Waals surface area contributed by atoms with Crippen LogP contribution in [0.4, 0.5) is 0 Å². The lowest BCUT2D eigenvalue weighted by molar-refractivity contribution is 0.294. The normalized spacial score (nSPS) is 15.4. The van der Waals surface area contributed by atoms with Gasteiger partial charge in [-0.3, -0.25) is 0 Å². The summed E-state index contributed by atoms with van der Waals surface area (Å²) in [6.07, 6.45) is 1.13. The van der Waals surface area contributed by atoms with Gasteiger partial charge < -0.3 is 14.9 Å². The van der Waals surface area contributed by atoms with Crippen molar-refractivity contribution in [1.82, 2.24) is 0 Å². The Kier molecular flexibility index (Phi) is 5.85. The highest BCUT2D eigenvalue weighted by Crippen LogP contribution is 2.52. The molecule has 0 aromatic heterocycles. The van der Waals surface area contributed by atoms with Crippen molar-refractivity contribution in [3.63, 3.8) is 0 Å². The summed E-state index contributed by atoms with van der Waals surface area (Å²) >= 11 is 0. The first-order valence-electron chi connectivity index (χ1n) is 11.1. The van der Waals surface area contributed by atoms with E-state index >= 15 is 0 Å². The van der Waals surface area contributed by atoms with Crippen LogP contribution < -0.4 is 4.74 Å². The quantitative estimate of drug-likeness (QED) is 0.671. The van der Waals surface area contributed by atoms with Gasteiger partial charge in [-0.1, -0.05) is 79.7 Å². The molecule has 3 heteroatoms. The van der Waals surface area contributed by atoms with Crippen LogP contribution in [0.25, 0.3) is 0 Å². The molecule has 0 spiro atoms. The van der Waals surface area contributed by atoms with Crippen LogP contribution in [0, 0.1) is 0 Å². The second kappa shape index (κ2) is 7.69. The third-order valence-electron chi connectivity index (χ3n) is 6.38. The number of ether oxygens (including phenoxy) is 1. The fourth-order valence-corrected chi connectivity index (χ4v) is 4.27. The van der Waals surface area contributed by atoms with Gasteiger partial charge in [0.25, 0.3) is 0 Å². The molecule has 0 radical (unpaired) electrons. The molecule has 3 rings (SSSR count). The maximum atomic E-state index is 9.72. The Labute approximate surface area is 182 Å². The van der Waals surface area contributed by atoms with E-state index in [-0.39, 0.29) is 29.5 Å². The Hall–Kier alpha value is -1.84. The zero-order valence-corrected chi connectivity index (χ0v) is 19.9. The van der Waals surface area contributed by atoms with E-state index in [4.69, 9.17) is 4.74 Å². The molecule has 2 aromatic rings. The van der Waals surface area contributed by atoms with Gasteiger partial charge in [0.15, 0.2) is 0 Å². The van der Waals surface area contributed by atoms with Crippen molar-refractivity contribution in [2.24, 2.45) is 0 Å². The number of hydrogen-bond donors (Lipinski definition) is 2. The van der Waals surface area contributed by atoms with Gasteiger partial charge in [0, 0.05) is 29.8 Å². The molecule has 1 aliphatic heterocycles. The van der Waals surface area contributed by atoms with Crippen LogP contribution in [0.3, 0.4) is 0 Å². The summed E-state index contributed by atoms with van der Waals surface area (Å²) in [4.78, 5) is 0. The monoisotopic (exact) mass is 410 g/mol. The Bertz CT molecular complexity index is 865. The highest BCUT2D eigenvalue weighted by atomic mass is 16.5. The van der Waals surface area contributed by atoms with Crippen molar-refractivity contribution in [1.29, 1.82) is 0 Å². The Morgan fingerprint density at radius 2 is 1.07 bits per heavy atom. The number of benzene rings is 2. The molecule has 30 heavy (non-hydrogen) atoms. The third kappa shape index (κ3) is 4.02. The number of aliphatic hydroxyl groups excluding tert-OH is 2. The fourth-order valence-electron chi connectivity index (χ4n) is 4.27. The number of rotatable bonds is 4. The lowest BCUT2D eigenvalue weighted by Crippen LogP contribution is -2.28.